The van der Waals surface area contributed by atoms with Gasteiger partial charge in [-0.25, -0.2) is 12.7 Å². The number of rotatable bonds is 6. The molecule has 2 aromatic rings. The maximum absolute atomic E-state index is 12.9. The lowest BCUT2D eigenvalue weighted by molar-refractivity contribution is -0.128. The van der Waals surface area contributed by atoms with Crippen molar-refractivity contribution in [3.63, 3.8) is 0 Å². The number of amides is 2. The zero-order valence-corrected chi connectivity index (χ0v) is 16.6. The number of sulfonamides is 1. The van der Waals surface area contributed by atoms with Crippen LogP contribution >= 0.6 is 0 Å². The Bertz CT molecular complexity index is 1030. The highest BCUT2D eigenvalue weighted by Crippen LogP contribution is 2.35. The smallest absolute Gasteiger partial charge is 0.268 e. The fourth-order valence-electron chi connectivity index (χ4n) is 3.09. The van der Waals surface area contributed by atoms with E-state index in [0.29, 0.717) is 9.87 Å². The molecule has 3 rings (SSSR count). The zero-order chi connectivity index (χ0) is 20.3. The summed E-state index contributed by atoms with van der Waals surface area (Å²) in [7, 11) is -4.07. The summed E-state index contributed by atoms with van der Waals surface area (Å²) >= 11 is 0. The van der Waals surface area contributed by atoms with Crippen molar-refractivity contribution in [1.82, 2.24) is 9.62 Å². The second kappa shape index (κ2) is 7.98. The lowest BCUT2D eigenvalue weighted by Gasteiger charge is -2.16. The van der Waals surface area contributed by atoms with Gasteiger partial charge in [-0.15, -0.1) is 0 Å². The normalized spacial score (nSPS) is 15.8. The third-order valence-corrected chi connectivity index (χ3v) is 6.61. The summed E-state index contributed by atoms with van der Waals surface area (Å²) in [5.41, 5.74) is 2.54. The molecule has 1 aliphatic heterocycles. The van der Waals surface area contributed by atoms with E-state index in [-0.39, 0.29) is 17.0 Å². The number of aryl methyl sites for hydroxylation is 1. The molecule has 1 aliphatic rings. The van der Waals surface area contributed by atoms with Gasteiger partial charge in [0.1, 0.15) is 11.4 Å². The highest BCUT2D eigenvalue weighted by Gasteiger charge is 2.43. The molecule has 28 heavy (non-hydrogen) atoms. The predicted molar refractivity (Wildman–Crippen MR) is 107 cm³/mol. The second-order valence-corrected chi connectivity index (χ2v) is 8.38. The fourth-order valence-corrected chi connectivity index (χ4v) is 4.86. The van der Waals surface area contributed by atoms with Crippen molar-refractivity contribution >= 4 is 26.7 Å². The lowest BCUT2D eigenvalue weighted by Crippen LogP contribution is -2.40. The number of benzene rings is 2. The van der Waals surface area contributed by atoms with Gasteiger partial charge in [0.25, 0.3) is 15.9 Å². The molecule has 2 amide bonds. The summed E-state index contributed by atoms with van der Waals surface area (Å²) in [6.07, 6.45) is 0.831. The van der Waals surface area contributed by atoms with E-state index >= 15 is 0 Å². The average Bonchev–Trinajstić information content (AvgIpc) is 2.86. The van der Waals surface area contributed by atoms with Gasteiger partial charge < -0.3 is 5.32 Å². The molecule has 0 unspecified atom stereocenters. The number of nitrogens with one attached hydrogen (secondary N) is 1. The Labute approximate surface area is 164 Å². The highest BCUT2D eigenvalue weighted by molar-refractivity contribution is 7.99. The van der Waals surface area contributed by atoms with Crippen LogP contribution < -0.4 is 5.32 Å². The number of carbonyl (C=O) groups excluding carboxylic acids is 2. The van der Waals surface area contributed by atoms with E-state index in [2.05, 4.69) is 5.32 Å². The summed E-state index contributed by atoms with van der Waals surface area (Å²) in [5, 5.41) is 2.65. The highest BCUT2D eigenvalue weighted by atomic mass is 32.2. The second-order valence-electron chi connectivity index (χ2n) is 6.58. The average molecular weight is 398 g/mol. The summed E-state index contributed by atoms with van der Waals surface area (Å²) in [5.74, 6) is -1.19. The Morgan fingerprint density at radius 2 is 1.64 bits per heavy atom. The van der Waals surface area contributed by atoms with Crippen LogP contribution in [0.3, 0.4) is 0 Å². The van der Waals surface area contributed by atoms with Gasteiger partial charge in [0, 0.05) is 12.1 Å². The Kier molecular flexibility index (Phi) is 5.65. The minimum absolute atomic E-state index is 0.0315. The molecule has 0 aliphatic carbocycles. The molecular weight excluding hydrogens is 376 g/mol. The summed E-state index contributed by atoms with van der Waals surface area (Å²) < 4.78 is 26.5. The minimum Gasteiger partial charge on any atom is -0.350 e. The van der Waals surface area contributed by atoms with Gasteiger partial charge in [0.05, 0.1) is 0 Å². The van der Waals surface area contributed by atoms with Gasteiger partial charge in [-0.3, -0.25) is 9.59 Å². The first kappa shape index (κ1) is 19.8. The van der Waals surface area contributed by atoms with Crippen molar-refractivity contribution in [3.05, 3.63) is 76.9 Å². The maximum atomic E-state index is 12.9. The van der Waals surface area contributed by atoms with Crippen LogP contribution in [0.4, 0.5) is 0 Å². The Hall–Kier alpha value is -2.93. The first-order valence-electron chi connectivity index (χ1n) is 9.02. The third-order valence-electron chi connectivity index (χ3n) is 4.68. The molecule has 146 valence electrons. The molecule has 1 N–H and O–H groups in total. The number of carbonyl (C=O) groups is 2. The Balaban J connectivity index is 1.76. The van der Waals surface area contributed by atoms with E-state index in [1.807, 2.05) is 49.4 Å². The van der Waals surface area contributed by atoms with E-state index in [0.717, 1.165) is 17.5 Å². The lowest BCUT2D eigenvalue weighted by atomic mass is 10.1. The molecule has 0 aromatic heterocycles. The van der Waals surface area contributed by atoms with Crippen LogP contribution in [-0.4, -0.2) is 31.1 Å². The van der Waals surface area contributed by atoms with Crippen LogP contribution in [-0.2, 0) is 32.6 Å². The van der Waals surface area contributed by atoms with Gasteiger partial charge in [-0.05, 0) is 30.0 Å². The van der Waals surface area contributed by atoms with Gasteiger partial charge in [-0.2, -0.15) is 0 Å². The van der Waals surface area contributed by atoms with Gasteiger partial charge in [0.15, 0.2) is 0 Å². The number of nitrogens with zero attached hydrogens (tertiary/aromatic N) is 1. The Morgan fingerprint density at radius 3 is 2.25 bits per heavy atom. The molecular formula is C21H22N2O4S. The standard InChI is InChI=1S/C21H22N2O4S/c1-3-16-9-11-18(12-10-16)20-15(2)21(25)23(28(20,26)27)14-19(24)22-13-17-7-5-4-6-8-17/h4-12H,3,13-14H2,1-2H3,(H,22,24). The molecule has 6 nitrogen and oxygen atoms in total. The fraction of sp³-hybridized carbons (Fsp3) is 0.238. The van der Waals surface area contributed by atoms with Crippen LogP contribution in [0, 0.1) is 0 Å². The molecule has 1 heterocycles. The maximum Gasteiger partial charge on any atom is 0.268 e. The molecule has 0 fully saturated rings. The van der Waals surface area contributed by atoms with E-state index in [9.17, 15) is 18.0 Å². The predicted octanol–water partition coefficient (Wildman–Crippen LogP) is 2.47. The van der Waals surface area contributed by atoms with E-state index < -0.39 is 28.4 Å². The monoisotopic (exact) mass is 398 g/mol. The summed E-state index contributed by atoms with van der Waals surface area (Å²) in [6, 6.07) is 16.3. The van der Waals surface area contributed by atoms with Crippen LogP contribution in [0.5, 0.6) is 0 Å². The van der Waals surface area contributed by atoms with Crippen LogP contribution in [0.1, 0.15) is 30.5 Å². The quantitative estimate of drug-likeness (QED) is 0.810. The van der Waals surface area contributed by atoms with E-state index in [1.165, 1.54) is 6.92 Å². The molecule has 0 radical (unpaired) electrons. The van der Waals surface area contributed by atoms with E-state index in [4.69, 9.17) is 0 Å². The summed E-state index contributed by atoms with van der Waals surface area (Å²) in [6.45, 7) is 3.21. The van der Waals surface area contributed by atoms with Gasteiger partial charge in [-0.1, -0.05) is 61.5 Å². The topological polar surface area (TPSA) is 83.6 Å². The van der Waals surface area contributed by atoms with Crippen molar-refractivity contribution in [2.45, 2.75) is 26.8 Å². The number of hydrogen-bond donors (Lipinski definition) is 1. The van der Waals surface area contributed by atoms with Crippen molar-refractivity contribution in [3.8, 4) is 0 Å². The van der Waals surface area contributed by atoms with Crippen molar-refractivity contribution in [2.24, 2.45) is 0 Å². The Morgan fingerprint density at radius 1 is 1.00 bits per heavy atom. The van der Waals surface area contributed by atoms with Gasteiger partial charge >= 0.3 is 0 Å². The van der Waals surface area contributed by atoms with Crippen molar-refractivity contribution < 1.29 is 18.0 Å². The molecule has 2 aromatic carbocycles. The number of hydrogen-bond acceptors (Lipinski definition) is 4. The molecule has 0 saturated heterocycles. The first-order chi connectivity index (χ1) is 13.3. The van der Waals surface area contributed by atoms with Gasteiger partial charge in [0.2, 0.25) is 5.91 Å². The molecule has 0 bridgehead atoms. The molecule has 0 atom stereocenters. The molecule has 7 heteroatoms. The largest absolute Gasteiger partial charge is 0.350 e. The minimum atomic E-state index is -4.07. The molecule has 0 spiro atoms. The van der Waals surface area contributed by atoms with Crippen LogP contribution in [0.2, 0.25) is 0 Å². The SMILES string of the molecule is CCc1ccc(C2=C(C)C(=O)N(CC(=O)NCc3ccccc3)S2(=O)=O)cc1. The first-order valence-corrected chi connectivity index (χ1v) is 10.5. The van der Waals surface area contributed by atoms with Crippen molar-refractivity contribution in [1.29, 1.82) is 0 Å². The van der Waals surface area contributed by atoms with Crippen LogP contribution in [0.25, 0.3) is 4.91 Å². The third kappa shape index (κ3) is 3.84. The van der Waals surface area contributed by atoms with Crippen molar-refractivity contribution in [2.75, 3.05) is 6.54 Å². The summed E-state index contributed by atoms with van der Waals surface area (Å²) in [4.78, 5) is 24.8. The molecule has 0 saturated carbocycles. The zero-order valence-electron chi connectivity index (χ0n) is 15.8. The van der Waals surface area contributed by atoms with Crippen LogP contribution in [0.15, 0.2) is 60.2 Å². The van der Waals surface area contributed by atoms with E-state index in [1.54, 1.807) is 12.1 Å².